The standard InChI is InChI=1S/C12H19N3O/c1-9(7-16)15(2)12-10-5-3-4-6-11(10)13-8-14-12/h8-9,16H,3-7H2,1-2H3. The van der Waals surface area contributed by atoms with Gasteiger partial charge in [-0.2, -0.15) is 0 Å². The number of anilines is 1. The first-order valence-electron chi connectivity index (χ1n) is 5.90. The summed E-state index contributed by atoms with van der Waals surface area (Å²) >= 11 is 0. The Labute approximate surface area is 96.3 Å². The zero-order chi connectivity index (χ0) is 11.5. The van der Waals surface area contributed by atoms with Crippen LogP contribution in [-0.4, -0.2) is 34.8 Å². The van der Waals surface area contributed by atoms with Gasteiger partial charge in [0.1, 0.15) is 12.1 Å². The summed E-state index contributed by atoms with van der Waals surface area (Å²) < 4.78 is 0. The second-order valence-corrected chi connectivity index (χ2v) is 4.47. The van der Waals surface area contributed by atoms with Crippen LogP contribution in [-0.2, 0) is 12.8 Å². The Morgan fingerprint density at radius 2 is 2.12 bits per heavy atom. The smallest absolute Gasteiger partial charge is 0.135 e. The first-order valence-corrected chi connectivity index (χ1v) is 5.90. The van der Waals surface area contributed by atoms with E-state index in [9.17, 15) is 5.11 Å². The van der Waals surface area contributed by atoms with Crippen molar-refractivity contribution in [3.8, 4) is 0 Å². The minimum Gasteiger partial charge on any atom is -0.394 e. The van der Waals surface area contributed by atoms with E-state index in [1.807, 2.05) is 18.9 Å². The van der Waals surface area contributed by atoms with Crippen molar-refractivity contribution in [1.82, 2.24) is 9.97 Å². The molecule has 88 valence electrons. The Kier molecular flexibility index (Phi) is 3.39. The quantitative estimate of drug-likeness (QED) is 0.832. The monoisotopic (exact) mass is 221 g/mol. The highest BCUT2D eigenvalue weighted by Crippen LogP contribution is 2.27. The molecule has 1 atom stereocenters. The van der Waals surface area contributed by atoms with Crippen LogP contribution in [0.15, 0.2) is 6.33 Å². The lowest BCUT2D eigenvalue weighted by molar-refractivity contribution is 0.269. The SMILES string of the molecule is CC(CO)N(C)c1ncnc2c1CCCC2. The number of aromatic nitrogens is 2. The topological polar surface area (TPSA) is 49.2 Å². The molecule has 1 aromatic rings. The zero-order valence-corrected chi connectivity index (χ0v) is 9.98. The van der Waals surface area contributed by atoms with Crippen molar-refractivity contribution < 1.29 is 5.11 Å². The van der Waals surface area contributed by atoms with Gasteiger partial charge in [0.05, 0.1) is 12.6 Å². The molecule has 0 spiro atoms. The van der Waals surface area contributed by atoms with E-state index >= 15 is 0 Å². The average Bonchev–Trinajstić information content (AvgIpc) is 2.36. The van der Waals surface area contributed by atoms with Crippen LogP contribution in [0.5, 0.6) is 0 Å². The molecule has 4 heteroatoms. The van der Waals surface area contributed by atoms with Gasteiger partial charge < -0.3 is 10.0 Å². The number of likely N-dealkylation sites (N-methyl/N-ethyl adjacent to an activating group) is 1. The van der Waals surface area contributed by atoms with E-state index in [-0.39, 0.29) is 12.6 Å². The molecule has 2 rings (SSSR count). The molecule has 1 N–H and O–H groups in total. The molecule has 0 amide bonds. The van der Waals surface area contributed by atoms with Gasteiger partial charge in [-0.1, -0.05) is 0 Å². The normalized spacial score (nSPS) is 16.7. The third-order valence-corrected chi connectivity index (χ3v) is 3.36. The number of aryl methyl sites for hydroxylation is 1. The van der Waals surface area contributed by atoms with Gasteiger partial charge in [-0.3, -0.25) is 0 Å². The van der Waals surface area contributed by atoms with Crippen LogP contribution in [0.1, 0.15) is 31.0 Å². The maximum absolute atomic E-state index is 9.19. The fourth-order valence-corrected chi connectivity index (χ4v) is 2.14. The Bertz CT molecular complexity index is 367. The molecule has 1 unspecified atom stereocenters. The molecule has 4 nitrogen and oxygen atoms in total. The molecule has 0 radical (unpaired) electrons. The number of aliphatic hydroxyl groups is 1. The summed E-state index contributed by atoms with van der Waals surface area (Å²) in [6.45, 7) is 2.15. The molecule has 1 aliphatic rings. The van der Waals surface area contributed by atoms with E-state index in [1.165, 1.54) is 24.1 Å². The lowest BCUT2D eigenvalue weighted by atomic mass is 9.96. The summed E-state index contributed by atoms with van der Waals surface area (Å²) in [5.41, 5.74) is 2.46. The van der Waals surface area contributed by atoms with Gasteiger partial charge in [0.25, 0.3) is 0 Å². The second-order valence-electron chi connectivity index (χ2n) is 4.47. The van der Waals surface area contributed by atoms with Crippen molar-refractivity contribution in [3.63, 3.8) is 0 Å². The van der Waals surface area contributed by atoms with Crippen molar-refractivity contribution in [3.05, 3.63) is 17.6 Å². The summed E-state index contributed by atoms with van der Waals surface area (Å²) in [7, 11) is 1.98. The van der Waals surface area contributed by atoms with E-state index in [4.69, 9.17) is 0 Å². The predicted octanol–water partition coefficient (Wildman–Crippen LogP) is 1.17. The van der Waals surface area contributed by atoms with Gasteiger partial charge in [0.2, 0.25) is 0 Å². The van der Waals surface area contributed by atoms with Gasteiger partial charge in [-0.15, -0.1) is 0 Å². The molecule has 0 bridgehead atoms. The fourth-order valence-electron chi connectivity index (χ4n) is 2.14. The summed E-state index contributed by atoms with van der Waals surface area (Å²) in [6.07, 6.45) is 6.21. The van der Waals surface area contributed by atoms with Crippen LogP contribution in [0, 0.1) is 0 Å². The van der Waals surface area contributed by atoms with Crippen LogP contribution in [0.3, 0.4) is 0 Å². The largest absolute Gasteiger partial charge is 0.394 e. The maximum atomic E-state index is 9.19. The van der Waals surface area contributed by atoms with E-state index in [2.05, 4.69) is 9.97 Å². The van der Waals surface area contributed by atoms with Crippen molar-refractivity contribution >= 4 is 5.82 Å². The molecule has 0 aromatic carbocycles. The van der Waals surface area contributed by atoms with Gasteiger partial charge in [0, 0.05) is 18.3 Å². The van der Waals surface area contributed by atoms with Crippen LogP contribution >= 0.6 is 0 Å². The minimum absolute atomic E-state index is 0.0981. The third-order valence-electron chi connectivity index (χ3n) is 3.36. The highest BCUT2D eigenvalue weighted by molar-refractivity contribution is 5.49. The van der Waals surface area contributed by atoms with E-state index < -0.39 is 0 Å². The van der Waals surface area contributed by atoms with E-state index in [0.717, 1.165) is 18.7 Å². The molecule has 0 saturated heterocycles. The van der Waals surface area contributed by atoms with Crippen LogP contribution in [0.2, 0.25) is 0 Å². The fraction of sp³-hybridized carbons (Fsp3) is 0.667. The molecule has 0 fully saturated rings. The molecule has 1 aliphatic carbocycles. The summed E-state index contributed by atoms with van der Waals surface area (Å²) in [6, 6.07) is 0.0981. The molecular weight excluding hydrogens is 202 g/mol. The molecular formula is C12H19N3O. The average molecular weight is 221 g/mol. The Morgan fingerprint density at radius 1 is 1.38 bits per heavy atom. The Hall–Kier alpha value is -1.16. The van der Waals surface area contributed by atoms with Gasteiger partial charge in [-0.05, 0) is 32.6 Å². The van der Waals surface area contributed by atoms with Crippen LogP contribution in [0.4, 0.5) is 5.82 Å². The lowest BCUT2D eigenvalue weighted by Crippen LogP contribution is -2.34. The molecule has 0 saturated carbocycles. The van der Waals surface area contributed by atoms with Crippen LogP contribution < -0.4 is 4.90 Å². The molecule has 16 heavy (non-hydrogen) atoms. The highest BCUT2D eigenvalue weighted by Gasteiger charge is 2.19. The second kappa shape index (κ2) is 4.78. The molecule has 1 aromatic heterocycles. The lowest BCUT2D eigenvalue weighted by Gasteiger charge is -2.28. The zero-order valence-electron chi connectivity index (χ0n) is 9.98. The van der Waals surface area contributed by atoms with Crippen LogP contribution in [0.25, 0.3) is 0 Å². The van der Waals surface area contributed by atoms with E-state index in [1.54, 1.807) is 6.33 Å². The minimum atomic E-state index is 0.0981. The number of rotatable bonds is 3. The van der Waals surface area contributed by atoms with Gasteiger partial charge in [0.15, 0.2) is 0 Å². The van der Waals surface area contributed by atoms with Crippen molar-refractivity contribution in [1.29, 1.82) is 0 Å². The van der Waals surface area contributed by atoms with Gasteiger partial charge in [-0.25, -0.2) is 9.97 Å². The number of hydrogen-bond acceptors (Lipinski definition) is 4. The van der Waals surface area contributed by atoms with Crippen molar-refractivity contribution in [2.75, 3.05) is 18.6 Å². The summed E-state index contributed by atoms with van der Waals surface area (Å²) in [5.74, 6) is 0.992. The molecule has 0 aliphatic heterocycles. The van der Waals surface area contributed by atoms with Crippen molar-refractivity contribution in [2.45, 2.75) is 38.6 Å². The first-order chi connectivity index (χ1) is 7.74. The number of fused-ring (bicyclic) bond motifs is 1. The first kappa shape index (κ1) is 11.3. The molecule has 1 heterocycles. The van der Waals surface area contributed by atoms with E-state index in [0.29, 0.717) is 0 Å². The number of nitrogens with zero attached hydrogens (tertiary/aromatic N) is 3. The summed E-state index contributed by atoms with van der Waals surface area (Å²) in [5, 5.41) is 9.19. The maximum Gasteiger partial charge on any atom is 0.135 e. The Morgan fingerprint density at radius 3 is 2.88 bits per heavy atom. The third kappa shape index (κ3) is 2.02. The number of hydrogen-bond donors (Lipinski definition) is 1. The number of aliphatic hydroxyl groups excluding tert-OH is 1. The summed E-state index contributed by atoms with van der Waals surface area (Å²) in [4.78, 5) is 10.8. The Balaban J connectivity index is 2.33. The highest BCUT2D eigenvalue weighted by atomic mass is 16.3. The van der Waals surface area contributed by atoms with Gasteiger partial charge >= 0.3 is 0 Å². The predicted molar refractivity (Wildman–Crippen MR) is 63.6 cm³/mol. The van der Waals surface area contributed by atoms with Crippen molar-refractivity contribution in [2.24, 2.45) is 0 Å².